The lowest BCUT2D eigenvalue weighted by Gasteiger charge is -2.27. The van der Waals surface area contributed by atoms with E-state index in [-0.39, 0.29) is 17.3 Å². The van der Waals surface area contributed by atoms with Crippen LogP contribution in [0.4, 0.5) is 13.2 Å². The number of carbonyl (C=O) groups is 2. The van der Waals surface area contributed by atoms with Gasteiger partial charge in [-0.3, -0.25) is 14.9 Å². The molecule has 3 rings (SSSR count). The van der Waals surface area contributed by atoms with E-state index in [1.807, 2.05) is 13.8 Å². The van der Waals surface area contributed by atoms with Gasteiger partial charge < -0.3 is 5.32 Å². The van der Waals surface area contributed by atoms with Gasteiger partial charge in [-0.1, -0.05) is 56.3 Å². The summed E-state index contributed by atoms with van der Waals surface area (Å²) in [5, 5.41) is 14.5. The topological polar surface area (TPSA) is 82.0 Å². The van der Waals surface area contributed by atoms with Crippen molar-refractivity contribution in [3.05, 3.63) is 59.7 Å². The van der Waals surface area contributed by atoms with E-state index < -0.39 is 29.7 Å². The minimum atomic E-state index is -4.71. The molecule has 2 aromatic carbocycles. The van der Waals surface area contributed by atoms with Crippen molar-refractivity contribution >= 4 is 11.7 Å². The first-order chi connectivity index (χ1) is 15.9. The molecule has 2 aromatic rings. The van der Waals surface area contributed by atoms with Gasteiger partial charge >= 0.3 is 6.18 Å². The van der Waals surface area contributed by atoms with E-state index in [1.54, 1.807) is 24.3 Å². The van der Waals surface area contributed by atoms with E-state index in [1.165, 1.54) is 31.2 Å². The Labute approximate surface area is 197 Å². The molecule has 0 bridgehead atoms. The summed E-state index contributed by atoms with van der Waals surface area (Å²) < 4.78 is 41.8. The first-order valence-electron chi connectivity index (χ1n) is 11.2. The van der Waals surface area contributed by atoms with Crippen LogP contribution in [-0.2, 0) is 4.79 Å². The van der Waals surface area contributed by atoms with Crippen molar-refractivity contribution in [2.45, 2.75) is 63.8 Å². The van der Waals surface area contributed by atoms with Gasteiger partial charge in [0, 0.05) is 5.56 Å². The van der Waals surface area contributed by atoms with Crippen LogP contribution in [0.2, 0.25) is 0 Å². The van der Waals surface area contributed by atoms with Crippen molar-refractivity contribution in [1.29, 1.82) is 5.26 Å². The van der Waals surface area contributed by atoms with Crippen molar-refractivity contribution in [3.8, 4) is 17.2 Å². The second-order valence-electron chi connectivity index (χ2n) is 9.26. The third-order valence-corrected chi connectivity index (χ3v) is 5.90. The largest absolute Gasteiger partial charge is 0.412 e. The van der Waals surface area contributed by atoms with Crippen LogP contribution in [0.15, 0.2) is 48.5 Å². The van der Waals surface area contributed by atoms with Crippen LogP contribution >= 0.6 is 0 Å². The highest BCUT2D eigenvalue weighted by Crippen LogP contribution is 2.37. The summed E-state index contributed by atoms with van der Waals surface area (Å²) >= 11 is 0. The number of nitrogens with zero attached hydrogens (tertiary/aromatic N) is 1. The Morgan fingerprint density at radius 1 is 1.09 bits per heavy atom. The molecular weight excluding hydrogens is 443 g/mol. The predicted octanol–water partition coefficient (Wildman–Crippen LogP) is 5.34. The number of hydrogen-bond donors (Lipinski definition) is 2. The maximum atomic E-state index is 13.9. The highest BCUT2D eigenvalue weighted by atomic mass is 19.4. The molecule has 0 saturated heterocycles. The zero-order valence-corrected chi connectivity index (χ0v) is 19.4. The third-order valence-electron chi connectivity index (χ3n) is 5.90. The number of carbonyl (C=O) groups excluding carboxylic acids is 2. The second kappa shape index (κ2) is 9.98. The Kier molecular flexibility index (Phi) is 7.47. The molecule has 1 amide bonds. The summed E-state index contributed by atoms with van der Waals surface area (Å²) in [6.45, 7) is 5.19. The smallest absolute Gasteiger partial charge is 0.339 e. The molecule has 0 aromatic heterocycles. The average molecular weight is 472 g/mol. The molecule has 1 saturated carbocycles. The molecule has 2 atom stereocenters. The highest BCUT2D eigenvalue weighted by molar-refractivity contribution is 5.95. The molecule has 34 heavy (non-hydrogen) atoms. The van der Waals surface area contributed by atoms with E-state index in [0.717, 1.165) is 0 Å². The number of benzene rings is 2. The van der Waals surface area contributed by atoms with Gasteiger partial charge in [0.1, 0.15) is 5.54 Å². The first-order valence-corrected chi connectivity index (χ1v) is 11.2. The summed E-state index contributed by atoms with van der Waals surface area (Å²) in [4.78, 5) is 24.5. The maximum Gasteiger partial charge on any atom is 0.412 e. The fraction of sp³-hybridized carbons (Fsp3) is 0.423. The quantitative estimate of drug-likeness (QED) is 0.484. The van der Waals surface area contributed by atoms with Crippen molar-refractivity contribution in [2.75, 3.05) is 0 Å². The number of ketones is 1. The molecule has 0 unspecified atom stereocenters. The monoisotopic (exact) mass is 471 g/mol. The maximum absolute atomic E-state index is 13.9. The molecule has 1 aliphatic rings. The molecule has 8 heteroatoms. The van der Waals surface area contributed by atoms with Crippen molar-refractivity contribution in [1.82, 2.24) is 10.6 Å². The SMILES string of the molecule is CC(=O)c1cccc(-c2ccc([C@H](NC(=O)[C@H](CC(C)C)NC3(C#N)CC3)C(F)(F)F)cc2)c1. The van der Waals surface area contributed by atoms with Gasteiger partial charge in [0.2, 0.25) is 5.91 Å². The molecule has 180 valence electrons. The van der Waals surface area contributed by atoms with Crippen molar-refractivity contribution in [3.63, 3.8) is 0 Å². The van der Waals surface area contributed by atoms with E-state index in [9.17, 15) is 28.0 Å². The number of amides is 1. The van der Waals surface area contributed by atoms with E-state index in [2.05, 4.69) is 16.7 Å². The van der Waals surface area contributed by atoms with Crippen LogP contribution in [0, 0.1) is 17.2 Å². The van der Waals surface area contributed by atoms with Crippen LogP contribution in [0.25, 0.3) is 11.1 Å². The molecular formula is C26H28F3N3O2. The number of nitriles is 1. The van der Waals surface area contributed by atoms with Crippen LogP contribution in [-0.4, -0.2) is 29.4 Å². The summed E-state index contributed by atoms with van der Waals surface area (Å²) in [5.41, 5.74) is 0.941. The first kappa shape index (κ1) is 25.4. The van der Waals surface area contributed by atoms with Crippen molar-refractivity contribution < 1.29 is 22.8 Å². The lowest BCUT2D eigenvalue weighted by molar-refractivity contribution is -0.164. The fourth-order valence-electron chi connectivity index (χ4n) is 3.83. The zero-order chi connectivity index (χ0) is 25.1. The minimum absolute atomic E-state index is 0.0483. The molecule has 0 spiro atoms. The number of alkyl halides is 3. The van der Waals surface area contributed by atoms with E-state index in [0.29, 0.717) is 36.0 Å². The Morgan fingerprint density at radius 3 is 2.24 bits per heavy atom. The molecule has 1 aliphatic carbocycles. The predicted molar refractivity (Wildman–Crippen MR) is 123 cm³/mol. The average Bonchev–Trinajstić information content (AvgIpc) is 3.56. The van der Waals surface area contributed by atoms with Gasteiger partial charge in [-0.15, -0.1) is 0 Å². The Morgan fingerprint density at radius 2 is 1.74 bits per heavy atom. The fourth-order valence-corrected chi connectivity index (χ4v) is 3.83. The normalized spacial score (nSPS) is 16.4. The van der Waals surface area contributed by atoms with Gasteiger partial charge in [0.25, 0.3) is 0 Å². The van der Waals surface area contributed by atoms with E-state index >= 15 is 0 Å². The Bertz CT molecular complexity index is 1080. The Hall–Kier alpha value is -3.18. The van der Waals surface area contributed by atoms with Gasteiger partial charge in [-0.2, -0.15) is 18.4 Å². The molecule has 2 N–H and O–H groups in total. The number of rotatable bonds is 9. The highest BCUT2D eigenvalue weighted by Gasteiger charge is 2.47. The standard InChI is InChI=1S/C26H28F3N3O2/c1-16(2)13-22(32-25(15-30)11-12-25)24(34)31-23(26(27,28)29)19-9-7-18(8-10-19)21-6-4-5-20(14-21)17(3)33/h4-10,14,16,22-23,32H,11-13H2,1-3H3,(H,31,34)/t22-,23-/m0/s1. The number of Topliss-reactive ketones (excluding diaryl/α,β-unsaturated/α-hetero) is 1. The molecule has 5 nitrogen and oxygen atoms in total. The van der Waals surface area contributed by atoms with Crippen LogP contribution in [0.3, 0.4) is 0 Å². The summed E-state index contributed by atoms with van der Waals surface area (Å²) in [5.74, 6) is -0.838. The summed E-state index contributed by atoms with van der Waals surface area (Å²) in [6, 6.07) is 11.6. The van der Waals surface area contributed by atoms with Gasteiger partial charge in [-0.25, -0.2) is 0 Å². The number of hydrogen-bond acceptors (Lipinski definition) is 4. The summed E-state index contributed by atoms with van der Waals surface area (Å²) in [7, 11) is 0. The van der Waals surface area contributed by atoms with Crippen LogP contribution < -0.4 is 10.6 Å². The molecule has 0 radical (unpaired) electrons. The zero-order valence-electron chi connectivity index (χ0n) is 19.4. The van der Waals surface area contributed by atoms with E-state index in [4.69, 9.17) is 0 Å². The van der Waals surface area contributed by atoms with Gasteiger partial charge in [0.05, 0.1) is 12.1 Å². The molecule has 0 heterocycles. The van der Waals surface area contributed by atoms with Gasteiger partial charge in [0.15, 0.2) is 11.8 Å². The number of nitrogens with one attached hydrogen (secondary N) is 2. The lowest BCUT2D eigenvalue weighted by atomic mass is 9.97. The minimum Gasteiger partial charge on any atom is -0.339 e. The Balaban J connectivity index is 1.83. The third kappa shape index (κ3) is 6.23. The van der Waals surface area contributed by atoms with Crippen molar-refractivity contribution in [2.24, 2.45) is 5.92 Å². The van der Waals surface area contributed by atoms with Gasteiger partial charge in [-0.05, 0) is 54.9 Å². The summed E-state index contributed by atoms with van der Waals surface area (Å²) in [6.07, 6.45) is -3.26. The second-order valence-corrected chi connectivity index (χ2v) is 9.26. The molecule has 0 aliphatic heterocycles. The van der Waals surface area contributed by atoms with Crippen LogP contribution in [0.5, 0.6) is 0 Å². The molecule has 1 fully saturated rings. The lowest BCUT2D eigenvalue weighted by Crippen LogP contribution is -2.52. The van der Waals surface area contributed by atoms with Crippen LogP contribution in [0.1, 0.15) is 62.0 Å². The number of halogens is 3.